The molecule has 1 amide bonds. The third kappa shape index (κ3) is 5.74. The highest BCUT2D eigenvalue weighted by Crippen LogP contribution is 2.31. The highest BCUT2D eigenvalue weighted by Gasteiger charge is 2.22. The molecular formula is C18H18ClF2IN2O3. The molecule has 0 heterocycles. The van der Waals surface area contributed by atoms with Crippen molar-refractivity contribution in [2.45, 2.75) is 13.8 Å². The lowest BCUT2D eigenvalue weighted by Crippen LogP contribution is -2.32. The summed E-state index contributed by atoms with van der Waals surface area (Å²) in [5.41, 5.74) is 1.40. The molecule has 0 spiro atoms. The summed E-state index contributed by atoms with van der Waals surface area (Å²) in [5.74, 6) is -3.10. The van der Waals surface area contributed by atoms with Crippen molar-refractivity contribution in [2.75, 3.05) is 18.5 Å². The van der Waals surface area contributed by atoms with Crippen LogP contribution in [0, 0.1) is 20.6 Å². The predicted molar refractivity (Wildman–Crippen MR) is 108 cm³/mol. The van der Waals surface area contributed by atoms with Crippen LogP contribution in [0.5, 0.6) is 0 Å². The number of rotatable bonds is 7. The molecule has 0 saturated heterocycles. The quantitative estimate of drug-likeness (QED) is 0.375. The number of hydroxylamine groups is 1. The smallest absolute Gasteiger partial charge is 0.277 e. The van der Waals surface area contributed by atoms with Crippen molar-refractivity contribution in [3.63, 3.8) is 0 Å². The van der Waals surface area contributed by atoms with Crippen LogP contribution in [0.4, 0.5) is 20.2 Å². The van der Waals surface area contributed by atoms with Gasteiger partial charge in [0.05, 0.1) is 35.2 Å². The van der Waals surface area contributed by atoms with Crippen LogP contribution in [0.1, 0.15) is 24.2 Å². The van der Waals surface area contributed by atoms with Gasteiger partial charge in [0.25, 0.3) is 5.91 Å². The lowest BCUT2D eigenvalue weighted by molar-refractivity contribution is -0.0197. The van der Waals surface area contributed by atoms with Gasteiger partial charge < -0.3 is 10.4 Å². The SMILES string of the molecule is CC(C)(CO)CONC(=O)c1ccc(F)c(F)c1Nc1ccc(I)cc1Cl. The van der Waals surface area contributed by atoms with Crippen molar-refractivity contribution in [3.8, 4) is 0 Å². The van der Waals surface area contributed by atoms with Gasteiger partial charge >= 0.3 is 0 Å². The number of benzene rings is 2. The molecule has 0 aliphatic rings. The molecule has 0 radical (unpaired) electrons. The Morgan fingerprint density at radius 2 is 2.00 bits per heavy atom. The van der Waals surface area contributed by atoms with E-state index >= 15 is 0 Å². The molecule has 0 aliphatic carbocycles. The van der Waals surface area contributed by atoms with E-state index in [-0.39, 0.29) is 29.5 Å². The summed E-state index contributed by atoms with van der Waals surface area (Å²) in [7, 11) is 0. The minimum Gasteiger partial charge on any atom is -0.396 e. The van der Waals surface area contributed by atoms with Crippen LogP contribution in [0.15, 0.2) is 30.3 Å². The van der Waals surface area contributed by atoms with E-state index in [2.05, 4.69) is 33.4 Å². The molecule has 2 rings (SSSR count). The van der Waals surface area contributed by atoms with Crippen molar-refractivity contribution >= 4 is 51.5 Å². The van der Waals surface area contributed by atoms with Gasteiger partial charge in [0, 0.05) is 8.99 Å². The van der Waals surface area contributed by atoms with E-state index in [0.29, 0.717) is 5.69 Å². The molecule has 0 atom stereocenters. The number of carbonyl (C=O) groups is 1. The van der Waals surface area contributed by atoms with Gasteiger partial charge in [0.2, 0.25) is 0 Å². The predicted octanol–water partition coefficient (Wildman–Crippen LogP) is 4.65. The Bertz CT molecular complexity index is 850. The van der Waals surface area contributed by atoms with Gasteiger partial charge in [-0.1, -0.05) is 25.4 Å². The first-order valence-electron chi connectivity index (χ1n) is 7.87. The fourth-order valence-corrected chi connectivity index (χ4v) is 2.89. The van der Waals surface area contributed by atoms with Crippen LogP contribution in [0.3, 0.4) is 0 Å². The molecule has 3 N–H and O–H groups in total. The summed E-state index contributed by atoms with van der Waals surface area (Å²) in [6.45, 7) is 3.36. The van der Waals surface area contributed by atoms with E-state index in [1.54, 1.807) is 32.0 Å². The normalized spacial score (nSPS) is 11.4. The van der Waals surface area contributed by atoms with E-state index < -0.39 is 23.0 Å². The number of aliphatic hydroxyl groups excluding tert-OH is 1. The number of carbonyl (C=O) groups excluding carboxylic acids is 1. The van der Waals surface area contributed by atoms with E-state index in [0.717, 1.165) is 15.7 Å². The number of halogens is 4. The zero-order chi connectivity index (χ0) is 20.2. The molecule has 0 saturated carbocycles. The monoisotopic (exact) mass is 510 g/mol. The zero-order valence-electron chi connectivity index (χ0n) is 14.6. The lowest BCUT2D eigenvalue weighted by Gasteiger charge is -2.21. The highest BCUT2D eigenvalue weighted by molar-refractivity contribution is 14.1. The van der Waals surface area contributed by atoms with Gasteiger partial charge in [-0.15, -0.1) is 0 Å². The van der Waals surface area contributed by atoms with E-state index in [1.807, 2.05) is 0 Å². The van der Waals surface area contributed by atoms with Crippen LogP contribution < -0.4 is 10.8 Å². The molecule has 0 fully saturated rings. The maximum atomic E-state index is 14.3. The summed E-state index contributed by atoms with van der Waals surface area (Å²) in [6.07, 6.45) is 0. The number of aliphatic hydroxyl groups is 1. The summed E-state index contributed by atoms with van der Waals surface area (Å²) in [5, 5.41) is 12.1. The van der Waals surface area contributed by atoms with Crippen molar-refractivity contribution in [2.24, 2.45) is 5.41 Å². The van der Waals surface area contributed by atoms with E-state index in [4.69, 9.17) is 16.4 Å². The van der Waals surface area contributed by atoms with E-state index in [1.165, 1.54) is 0 Å². The third-order valence-corrected chi connectivity index (χ3v) is 4.57. The first-order valence-corrected chi connectivity index (χ1v) is 9.33. The van der Waals surface area contributed by atoms with Gasteiger partial charge in [-0.25, -0.2) is 14.3 Å². The number of anilines is 2. The first kappa shape index (κ1) is 21.8. The molecule has 0 aromatic heterocycles. The van der Waals surface area contributed by atoms with E-state index in [9.17, 15) is 18.7 Å². The van der Waals surface area contributed by atoms with Crippen molar-refractivity contribution in [3.05, 3.63) is 56.1 Å². The average molecular weight is 511 g/mol. The molecule has 146 valence electrons. The summed E-state index contributed by atoms with van der Waals surface area (Å²) < 4.78 is 28.9. The van der Waals surface area contributed by atoms with Crippen molar-refractivity contribution in [1.29, 1.82) is 0 Å². The maximum absolute atomic E-state index is 14.3. The molecule has 5 nitrogen and oxygen atoms in total. The second-order valence-corrected chi connectivity index (χ2v) is 8.23. The molecule has 0 bridgehead atoms. The van der Waals surface area contributed by atoms with Crippen LogP contribution in [-0.2, 0) is 4.84 Å². The standard InChI is InChI=1S/C18H18ClF2IN2O3/c1-18(2,8-25)9-27-24-17(26)11-4-5-13(20)15(21)16(11)23-14-6-3-10(22)7-12(14)19/h3-7,23,25H,8-9H2,1-2H3,(H,24,26). The number of hydrogen-bond acceptors (Lipinski definition) is 4. The molecule has 27 heavy (non-hydrogen) atoms. The Morgan fingerprint density at radius 3 is 2.63 bits per heavy atom. The largest absolute Gasteiger partial charge is 0.396 e. The zero-order valence-corrected chi connectivity index (χ0v) is 17.5. The number of amides is 1. The second-order valence-electron chi connectivity index (χ2n) is 6.58. The Labute approximate surface area is 174 Å². The van der Waals surface area contributed by atoms with Crippen LogP contribution in [-0.4, -0.2) is 24.2 Å². The van der Waals surface area contributed by atoms with Gasteiger partial charge in [0.1, 0.15) is 0 Å². The van der Waals surface area contributed by atoms with Crippen LogP contribution in [0.25, 0.3) is 0 Å². The highest BCUT2D eigenvalue weighted by atomic mass is 127. The number of hydrogen-bond donors (Lipinski definition) is 3. The summed E-state index contributed by atoms with van der Waals surface area (Å²) >= 11 is 8.18. The molecule has 0 aliphatic heterocycles. The minimum atomic E-state index is -1.21. The molecule has 0 unspecified atom stereocenters. The summed E-state index contributed by atoms with van der Waals surface area (Å²) in [4.78, 5) is 17.5. The fraction of sp³-hybridized carbons (Fsp3) is 0.278. The Kier molecular flexibility index (Phi) is 7.38. The minimum absolute atomic E-state index is 0.0324. The molecule has 2 aromatic rings. The van der Waals surface area contributed by atoms with Gasteiger partial charge in [-0.05, 0) is 52.9 Å². The summed E-state index contributed by atoms with van der Waals surface area (Å²) in [6, 6.07) is 6.95. The third-order valence-electron chi connectivity index (χ3n) is 3.59. The first-order chi connectivity index (χ1) is 12.6. The van der Waals surface area contributed by atoms with Crippen molar-refractivity contribution < 1.29 is 23.5 Å². The number of nitrogens with one attached hydrogen (secondary N) is 2. The van der Waals surface area contributed by atoms with Gasteiger partial charge in [0.15, 0.2) is 11.6 Å². The average Bonchev–Trinajstić information content (AvgIpc) is 2.60. The fourth-order valence-electron chi connectivity index (χ4n) is 1.99. The lowest BCUT2D eigenvalue weighted by atomic mass is 9.97. The Balaban J connectivity index is 2.26. The van der Waals surface area contributed by atoms with Crippen LogP contribution >= 0.6 is 34.2 Å². The molecule has 2 aromatic carbocycles. The maximum Gasteiger partial charge on any atom is 0.277 e. The Hall–Kier alpha value is -1.49. The van der Waals surface area contributed by atoms with Crippen LogP contribution in [0.2, 0.25) is 5.02 Å². The second kappa shape index (κ2) is 9.13. The van der Waals surface area contributed by atoms with Gasteiger partial charge in [-0.3, -0.25) is 9.63 Å². The topological polar surface area (TPSA) is 70.6 Å². The molecule has 9 heteroatoms. The molecular weight excluding hydrogens is 493 g/mol. The van der Waals surface area contributed by atoms with Crippen molar-refractivity contribution in [1.82, 2.24) is 5.48 Å². The Morgan fingerprint density at radius 1 is 1.30 bits per heavy atom. The van der Waals surface area contributed by atoms with Gasteiger partial charge in [-0.2, -0.15) is 0 Å².